The summed E-state index contributed by atoms with van der Waals surface area (Å²) < 4.78 is 19.5. The van der Waals surface area contributed by atoms with E-state index in [1.54, 1.807) is 24.4 Å². The zero-order valence-corrected chi connectivity index (χ0v) is 12.5. The minimum absolute atomic E-state index is 0.0816. The lowest BCUT2D eigenvalue weighted by molar-refractivity contribution is 0.102. The number of amides is 1. The van der Waals surface area contributed by atoms with Crippen molar-refractivity contribution in [2.24, 2.45) is 0 Å². The average Bonchev–Trinajstić information content (AvgIpc) is 2.62. The number of ether oxygens (including phenoxy) is 1. The molecule has 0 spiro atoms. The van der Waals surface area contributed by atoms with Crippen LogP contribution in [0.5, 0.6) is 5.75 Å². The van der Waals surface area contributed by atoms with E-state index in [0.717, 1.165) is 0 Å². The van der Waals surface area contributed by atoms with E-state index < -0.39 is 11.7 Å². The highest BCUT2D eigenvalue weighted by Gasteiger charge is 2.10. The largest absolute Gasteiger partial charge is 0.484 e. The summed E-state index contributed by atoms with van der Waals surface area (Å²) in [5.41, 5.74) is 1.14. The monoisotopic (exact) mass is 324 g/mol. The van der Waals surface area contributed by atoms with Crippen LogP contribution in [0.15, 0.2) is 61.2 Å². The molecule has 1 aromatic carbocycles. The number of halogens is 1. The van der Waals surface area contributed by atoms with Gasteiger partial charge >= 0.3 is 0 Å². The molecule has 0 saturated heterocycles. The van der Waals surface area contributed by atoms with E-state index in [4.69, 9.17) is 4.74 Å². The fourth-order valence-electron chi connectivity index (χ4n) is 1.94. The van der Waals surface area contributed by atoms with Crippen molar-refractivity contribution >= 4 is 11.6 Å². The maximum absolute atomic E-state index is 14.1. The molecule has 0 aliphatic rings. The van der Waals surface area contributed by atoms with E-state index in [0.29, 0.717) is 11.4 Å². The fraction of sp³-hybridized carbons (Fsp3) is 0.0588. The van der Waals surface area contributed by atoms with Crippen molar-refractivity contribution < 1.29 is 13.9 Å². The van der Waals surface area contributed by atoms with Gasteiger partial charge < -0.3 is 10.1 Å². The number of anilines is 1. The number of benzene rings is 1. The van der Waals surface area contributed by atoms with Crippen molar-refractivity contribution in [3.05, 3.63) is 78.4 Å². The van der Waals surface area contributed by atoms with Crippen LogP contribution in [0.3, 0.4) is 0 Å². The molecule has 120 valence electrons. The molecule has 0 bridgehead atoms. The Morgan fingerprint density at radius 1 is 1.12 bits per heavy atom. The van der Waals surface area contributed by atoms with Gasteiger partial charge in [0.2, 0.25) is 0 Å². The number of carbonyl (C=O) groups excluding carboxylic acids is 1. The molecule has 1 amide bonds. The molecule has 24 heavy (non-hydrogen) atoms. The molecule has 2 heterocycles. The van der Waals surface area contributed by atoms with E-state index in [1.807, 2.05) is 6.07 Å². The quantitative estimate of drug-likeness (QED) is 0.781. The molecule has 6 nitrogen and oxygen atoms in total. The minimum Gasteiger partial charge on any atom is -0.484 e. The summed E-state index contributed by atoms with van der Waals surface area (Å²) in [6.07, 6.45) is 5.84. The fourth-order valence-corrected chi connectivity index (χ4v) is 1.94. The number of aromatic nitrogens is 3. The molecule has 2 aromatic heterocycles. The maximum Gasteiger partial charge on any atom is 0.275 e. The zero-order chi connectivity index (χ0) is 16.8. The lowest BCUT2D eigenvalue weighted by Gasteiger charge is -2.09. The molecule has 0 unspecified atom stereocenters. The molecule has 0 fully saturated rings. The SMILES string of the molecule is O=C(Nc1ccc(OCc2ccccn2)c(F)c1)c1cnccn1. The number of nitrogens with zero attached hydrogens (tertiary/aromatic N) is 3. The topological polar surface area (TPSA) is 77.0 Å². The Balaban J connectivity index is 1.65. The summed E-state index contributed by atoms with van der Waals surface area (Å²) in [5, 5.41) is 2.55. The lowest BCUT2D eigenvalue weighted by atomic mass is 10.2. The van der Waals surface area contributed by atoms with Crippen LogP contribution in [-0.4, -0.2) is 20.9 Å². The van der Waals surface area contributed by atoms with Crippen molar-refractivity contribution in [3.8, 4) is 5.75 Å². The predicted molar refractivity (Wildman–Crippen MR) is 85.0 cm³/mol. The van der Waals surface area contributed by atoms with Crippen molar-refractivity contribution in [3.63, 3.8) is 0 Å². The molecular formula is C17H13FN4O2. The van der Waals surface area contributed by atoms with Gasteiger partial charge in [-0.1, -0.05) is 6.07 Å². The Bertz CT molecular complexity index is 829. The Hall–Kier alpha value is -3.35. The van der Waals surface area contributed by atoms with Gasteiger partial charge in [0.1, 0.15) is 12.3 Å². The van der Waals surface area contributed by atoms with Gasteiger partial charge in [0.15, 0.2) is 11.6 Å². The molecule has 0 aliphatic carbocycles. The van der Waals surface area contributed by atoms with Crippen LogP contribution in [0.1, 0.15) is 16.2 Å². The third kappa shape index (κ3) is 3.89. The standard InChI is InChI=1S/C17H13FN4O2/c18-14-9-12(22-17(23)15-10-19-7-8-21-15)4-5-16(14)24-11-13-3-1-2-6-20-13/h1-10H,11H2,(H,22,23). The van der Waals surface area contributed by atoms with E-state index in [-0.39, 0.29) is 18.1 Å². The first-order valence-corrected chi connectivity index (χ1v) is 7.12. The smallest absolute Gasteiger partial charge is 0.275 e. The van der Waals surface area contributed by atoms with Crippen LogP contribution < -0.4 is 10.1 Å². The van der Waals surface area contributed by atoms with Crippen molar-refractivity contribution in [1.29, 1.82) is 0 Å². The molecule has 0 aliphatic heterocycles. The third-order valence-corrected chi connectivity index (χ3v) is 3.09. The first kappa shape index (κ1) is 15.5. The number of rotatable bonds is 5. The number of hydrogen-bond acceptors (Lipinski definition) is 5. The Labute approximate surface area is 137 Å². The van der Waals surface area contributed by atoms with Crippen LogP contribution in [-0.2, 0) is 6.61 Å². The van der Waals surface area contributed by atoms with Gasteiger partial charge in [-0.3, -0.25) is 14.8 Å². The maximum atomic E-state index is 14.1. The Kier molecular flexibility index (Phi) is 4.71. The van der Waals surface area contributed by atoms with Gasteiger partial charge in [-0.15, -0.1) is 0 Å². The van der Waals surface area contributed by atoms with Crippen LogP contribution >= 0.6 is 0 Å². The summed E-state index contributed by atoms with van der Waals surface area (Å²) in [5.74, 6) is -0.967. The summed E-state index contributed by atoms with van der Waals surface area (Å²) >= 11 is 0. The minimum atomic E-state index is -0.581. The van der Waals surface area contributed by atoms with Gasteiger partial charge in [0, 0.05) is 30.3 Å². The number of pyridine rings is 1. The number of hydrogen-bond donors (Lipinski definition) is 1. The summed E-state index contributed by atoms with van der Waals surface area (Å²) in [7, 11) is 0. The summed E-state index contributed by atoms with van der Waals surface area (Å²) in [6.45, 7) is 0.156. The summed E-state index contributed by atoms with van der Waals surface area (Å²) in [4.78, 5) is 23.7. The third-order valence-electron chi connectivity index (χ3n) is 3.09. The van der Waals surface area contributed by atoms with Crippen molar-refractivity contribution in [2.75, 3.05) is 5.32 Å². The van der Waals surface area contributed by atoms with Crippen LogP contribution in [0.2, 0.25) is 0 Å². The molecule has 1 N–H and O–H groups in total. The molecule has 3 aromatic rings. The van der Waals surface area contributed by atoms with E-state index >= 15 is 0 Å². The number of carbonyl (C=O) groups is 1. The Morgan fingerprint density at radius 2 is 2.04 bits per heavy atom. The van der Waals surface area contributed by atoms with Gasteiger partial charge in [-0.25, -0.2) is 9.37 Å². The lowest BCUT2D eigenvalue weighted by Crippen LogP contribution is -2.14. The highest BCUT2D eigenvalue weighted by Crippen LogP contribution is 2.22. The van der Waals surface area contributed by atoms with Gasteiger partial charge in [0.25, 0.3) is 5.91 Å². The molecular weight excluding hydrogens is 311 g/mol. The van der Waals surface area contributed by atoms with Gasteiger partial charge in [-0.05, 0) is 24.3 Å². The first-order chi connectivity index (χ1) is 11.7. The first-order valence-electron chi connectivity index (χ1n) is 7.12. The Morgan fingerprint density at radius 3 is 2.75 bits per heavy atom. The average molecular weight is 324 g/mol. The molecule has 7 heteroatoms. The second kappa shape index (κ2) is 7.28. The van der Waals surface area contributed by atoms with Gasteiger partial charge in [0.05, 0.1) is 11.9 Å². The molecule has 0 radical (unpaired) electrons. The predicted octanol–water partition coefficient (Wildman–Crippen LogP) is 2.84. The second-order valence-electron chi connectivity index (χ2n) is 4.80. The highest BCUT2D eigenvalue weighted by atomic mass is 19.1. The zero-order valence-electron chi connectivity index (χ0n) is 12.5. The second-order valence-corrected chi connectivity index (χ2v) is 4.80. The van der Waals surface area contributed by atoms with E-state index in [9.17, 15) is 9.18 Å². The van der Waals surface area contributed by atoms with Gasteiger partial charge in [-0.2, -0.15) is 0 Å². The molecule has 3 rings (SSSR count). The van der Waals surface area contributed by atoms with E-state index in [1.165, 1.54) is 30.7 Å². The van der Waals surface area contributed by atoms with Crippen molar-refractivity contribution in [1.82, 2.24) is 15.0 Å². The van der Waals surface area contributed by atoms with Crippen LogP contribution in [0.4, 0.5) is 10.1 Å². The van der Waals surface area contributed by atoms with E-state index in [2.05, 4.69) is 20.3 Å². The molecule has 0 saturated carbocycles. The molecule has 0 atom stereocenters. The summed E-state index contributed by atoms with van der Waals surface area (Å²) in [6, 6.07) is 9.58. The van der Waals surface area contributed by atoms with Crippen LogP contribution in [0, 0.1) is 5.82 Å². The highest BCUT2D eigenvalue weighted by molar-refractivity contribution is 6.02. The van der Waals surface area contributed by atoms with Crippen molar-refractivity contribution in [2.45, 2.75) is 6.61 Å². The van der Waals surface area contributed by atoms with Crippen LogP contribution in [0.25, 0.3) is 0 Å². The number of nitrogens with one attached hydrogen (secondary N) is 1. The normalized spacial score (nSPS) is 10.2.